The van der Waals surface area contributed by atoms with Crippen LogP contribution in [0.5, 0.6) is 0 Å². The van der Waals surface area contributed by atoms with Crippen LogP contribution in [0.4, 0.5) is 19.0 Å². The Morgan fingerprint density at radius 1 is 0.975 bits per heavy atom. The normalized spacial score (nSPS) is 18.9. The van der Waals surface area contributed by atoms with Crippen molar-refractivity contribution in [1.29, 1.82) is 0 Å². The van der Waals surface area contributed by atoms with Crippen molar-refractivity contribution in [3.8, 4) is 22.4 Å². The Hall–Kier alpha value is -4.23. The van der Waals surface area contributed by atoms with Crippen molar-refractivity contribution >= 4 is 28.7 Å². The van der Waals surface area contributed by atoms with Gasteiger partial charge in [0.1, 0.15) is 5.82 Å². The Morgan fingerprint density at radius 2 is 1.65 bits per heavy atom. The summed E-state index contributed by atoms with van der Waals surface area (Å²) in [5.41, 5.74) is 4.87. The zero-order valence-electron chi connectivity index (χ0n) is 21.2. The number of benzene rings is 2. The topological polar surface area (TPSA) is 145 Å². The summed E-state index contributed by atoms with van der Waals surface area (Å²) >= 11 is 0. The van der Waals surface area contributed by atoms with Crippen molar-refractivity contribution < 1.29 is 32.4 Å². The van der Waals surface area contributed by atoms with E-state index in [1.165, 1.54) is 6.42 Å². The fourth-order valence-corrected chi connectivity index (χ4v) is 4.74. The molecule has 2 fully saturated rings. The number of fused-ring (bicyclic) bond motifs is 1. The van der Waals surface area contributed by atoms with Crippen molar-refractivity contribution in [2.75, 3.05) is 18.4 Å². The SMILES string of the molecule is O=C(Nc1noc2cc(-c3ccc(-c4cnc([C@@H]5CCCN5)[nH]4)cc3)ccc12)[C@@H]1CCCN1.O=C(O)C(F)(F)F. The molecule has 2 saturated heterocycles. The molecular weight excluding hydrogens is 529 g/mol. The van der Waals surface area contributed by atoms with Gasteiger partial charge in [0, 0.05) is 0 Å². The maximum absolute atomic E-state index is 12.4. The van der Waals surface area contributed by atoms with Gasteiger partial charge in [-0.1, -0.05) is 35.5 Å². The van der Waals surface area contributed by atoms with Gasteiger partial charge in [0.2, 0.25) is 5.91 Å². The zero-order chi connectivity index (χ0) is 28.3. The van der Waals surface area contributed by atoms with Crippen molar-refractivity contribution in [2.24, 2.45) is 0 Å². The monoisotopic (exact) mass is 556 g/mol. The molecule has 2 aromatic carbocycles. The molecule has 0 spiro atoms. The van der Waals surface area contributed by atoms with E-state index in [0.29, 0.717) is 17.4 Å². The van der Waals surface area contributed by atoms with Gasteiger partial charge in [0.15, 0.2) is 11.4 Å². The molecule has 4 aromatic rings. The lowest BCUT2D eigenvalue weighted by Gasteiger charge is -2.09. The Labute approximate surface area is 226 Å². The highest BCUT2D eigenvalue weighted by molar-refractivity contribution is 6.01. The average Bonchev–Trinajstić information content (AvgIpc) is 3.75. The van der Waals surface area contributed by atoms with Crippen molar-refractivity contribution in [3.63, 3.8) is 0 Å². The summed E-state index contributed by atoms with van der Waals surface area (Å²) in [6.07, 6.45) is 0.995. The molecule has 5 N–H and O–H groups in total. The van der Waals surface area contributed by atoms with Crippen LogP contribution >= 0.6 is 0 Å². The highest BCUT2D eigenvalue weighted by Gasteiger charge is 2.38. The number of H-pyrrole nitrogens is 1. The fraction of sp³-hybridized carbons (Fsp3) is 0.333. The van der Waals surface area contributed by atoms with Crippen LogP contribution in [-0.2, 0) is 9.59 Å². The number of nitrogens with one attached hydrogen (secondary N) is 4. The van der Waals surface area contributed by atoms with Crippen molar-refractivity contribution in [3.05, 3.63) is 54.5 Å². The van der Waals surface area contributed by atoms with Gasteiger partial charge in [0.25, 0.3) is 0 Å². The van der Waals surface area contributed by atoms with Crippen LogP contribution in [0.3, 0.4) is 0 Å². The first-order chi connectivity index (χ1) is 19.2. The number of hydrogen-bond acceptors (Lipinski definition) is 7. The minimum atomic E-state index is -5.08. The molecule has 6 rings (SSSR count). The van der Waals surface area contributed by atoms with E-state index in [-0.39, 0.29) is 11.9 Å². The number of anilines is 1. The van der Waals surface area contributed by atoms with Gasteiger partial charge < -0.3 is 30.6 Å². The summed E-state index contributed by atoms with van der Waals surface area (Å²) in [7, 11) is 0. The van der Waals surface area contributed by atoms with Gasteiger partial charge in [-0.05, 0) is 67.6 Å². The number of carboxylic acid groups (broad SMARTS) is 1. The van der Waals surface area contributed by atoms with E-state index >= 15 is 0 Å². The van der Waals surface area contributed by atoms with Gasteiger partial charge in [-0.15, -0.1) is 0 Å². The first-order valence-electron chi connectivity index (χ1n) is 12.8. The zero-order valence-corrected chi connectivity index (χ0v) is 21.2. The molecule has 2 aromatic heterocycles. The van der Waals surface area contributed by atoms with E-state index in [1.54, 1.807) is 0 Å². The molecule has 10 nitrogen and oxygen atoms in total. The van der Waals surface area contributed by atoms with Crippen LogP contribution in [0, 0.1) is 0 Å². The lowest BCUT2D eigenvalue weighted by atomic mass is 10.0. The summed E-state index contributed by atoms with van der Waals surface area (Å²) in [6.45, 7) is 1.93. The number of aromatic nitrogens is 3. The molecule has 210 valence electrons. The van der Waals surface area contributed by atoms with Crippen LogP contribution < -0.4 is 16.0 Å². The first-order valence-corrected chi connectivity index (χ1v) is 12.8. The Morgan fingerprint density at radius 3 is 2.30 bits per heavy atom. The second kappa shape index (κ2) is 11.5. The van der Waals surface area contributed by atoms with Crippen molar-refractivity contribution in [1.82, 2.24) is 25.8 Å². The number of carbonyl (C=O) groups excluding carboxylic acids is 1. The number of amides is 1. The lowest BCUT2D eigenvalue weighted by molar-refractivity contribution is -0.192. The molecule has 2 aliphatic heterocycles. The molecule has 0 bridgehead atoms. The smallest absolute Gasteiger partial charge is 0.475 e. The van der Waals surface area contributed by atoms with Crippen LogP contribution in [0.25, 0.3) is 33.4 Å². The maximum Gasteiger partial charge on any atom is 0.490 e. The molecule has 0 saturated carbocycles. The highest BCUT2D eigenvalue weighted by Crippen LogP contribution is 2.31. The Kier molecular flexibility index (Phi) is 7.85. The minimum absolute atomic E-state index is 0.0620. The number of hydrogen-bond donors (Lipinski definition) is 5. The third-order valence-electron chi connectivity index (χ3n) is 6.85. The molecule has 2 atom stereocenters. The van der Waals surface area contributed by atoms with Gasteiger partial charge in [0.05, 0.1) is 29.4 Å². The van der Waals surface area contributed by atoms with Crippen LogP contribution in [0.2, 0.25) is 0 Å². The number of aromatic amines is 1. The number of carbonyl (C=O) groups is 2. The molecule has 0 aliphatic carbocycles. The van der Waals surface area contributed by atoms with E-state index in [9.17, 15) is 18.0 Å². The summed E-state index contributed by atoms with van der Waals surface area (Å²) in [5, 5.41) is 21.6. The second-order valence-electron chi connectivity index (χ2n) is 9.59. The number of carboxylic acids is 1. The molecule has 0 unspecified atom stereocenters. The first kappa shape index (κ1) is 27.3. The molecule has 2 aliphatic rings. The van der Waals surface area contributed by atoms with E-state index < -0.39 is 12.1 Å². The standard InChI is InChI=1S/C25H26N6O2.C2HF3O2/c32-25(20-4-2-12-27-20)30-23-18-10-9-17(13-22(18)33-31-23)15-5-7-16(8-6-15)21-14-28-24(29-21)19-3-1-11-26-19;3-2(4,5)1(6)7/h5-10,13-14,19-20,26-27H,1-4,11-12H2,(H,28,29)(H,30,31,32);(H,6,7)/t19-,20-;/m0./s1. The van der Waals surface area contributed by atoms with E-state index in [4.69, 9.17) is 14.4 Å². The van der Waals surface area contributed by atoms with E-state index in [1.807, 2.05) is 24.4 Å². The minimum Gasteiger partial charge on any atom is -0.475 e. The van der Waals surface area contributed by atoms with Gasteiger partial charge in [-0.2, -0.15) is 13.2 Å². The summed E-state index contributed by atoms with van der Waals surface area (Å²) < 4.78 is 37.3. The number of aliphatic carboxylic acids is 1. The predicted octanol–water partition coefficient (Wildman–Crippen LogP) is 4.63. The molecule has 0 radical (unpaired) electrons. The number of imidazole rings is 1. The average molecular weight is 557 g/mol. The van der Waals surface area contributed by atoms with E-state index in [0.717, 1.165) is 65.9 Å². The van der Waals surface area contributed by atoms with Gasteiger partial charge >= 0.3 is 12.1 Å². The second-order valence-corrected chi connectivity index (χ2v) is 9.59. The number of rotatable bonds is 5. The third-order valence-corrected chi connectivity index (χ3v) is 6.85. The number of alkyl halides is 3. The molecule has 40 heavy (non-hydrogen) atoms. The van der Waals surface area contributed by atoms with Crippen LogP contribution in [0.15, 0.2) is 53.2 Å². The largest absolute Gasteiger partial charge is 0.490 e. The number of nitrogens with zero attached hydrogens (tertiary/aromatic N) is 2. The molecule has 13 heteroatoms. The summed E-state index contributed by atoms with van der Waals surface area (Å²) in [6, 6.07) is 14.5. The lowest BCUT2D eigenvalue weighted by Crippen LogP contribution is -2.35. The van der Waals surface area contributed by atoms with E-state index in [2.05, 4.69) is 55.3 Å². The van der Waals surface area contributed by atoms with Crippen LogP contribution in [0.1, 0.15) is 37.5 Å². The van der Waals surface area contributed by atoms with Crippen molar-refractivity contribution in [2.45, 2.75) is 43.9 Å². The Bertz CT molecular complexity index is 1490. The predicted molar refractivity (Wildman–Crippen MR) is 140 cm³/mol. The molecule has 1 amide bonds. The fourth-order valence-electron chi connectivity index (χ4n) is 4.74. The quantitative estimate of drug-likeness (QED) is 0.239. The highest BCUT2D eigenvalue weighted by atomic mass is 19.4. The van der Waals surface area contributed by atoms with Gasteiger partial charge in [-0.3, -0.25) is 4.79 Å². The number of halogens is 3. The van der Waals surface area contributed by atoms with Crippen LogP contribution in [-0.4, -0.2) is 57.4 Å². The maximum atomic E-state index is 12.4. The van der Waals surface area contributed by atoms with Gasteiger partial charge in [-0.25, -0.2) is 9.78 Å². The third kappa shape index (κ3) is 6.15. The summed E-state index contributed by atoms with van der Waals surface area (Å²) in [4.78, 5) is 29.3. The summed E-state index contributed by atoms with van der Waals surface area (Å²) in [5.74, 6) is -1.34. The molecular formula is C27H27F3N6O4. The Balaban J connectivity index is 0.000000411. The molecule has 4 heterocycles.